The molecule has 1 aromatic heterocycles. The predicted octanol–water partition coefficient (Wildman–Crippen LogP) is 3.47. The molecule has 0 radical (unpaired) electrons. The summed E-state index contributed by atoms with van der Waals surface area (Å²) in [6.07, 6.45) is 1.73. The van der Waals surface area contributed by atoms with E-state index < -0.39 is 11.6 Å². The Hall–Kier alpha value is -3.10. The van der Waals surface area contributed by atoms with Crippen LogP contribution in [0.1, 0.15) is 47.8 Å². The third-order valence-electron chi connectivity index (χ3n) is 4.46. The number of fused-ring (bicyclic) bond motifs is 1. The lowest BCUT2D eigenvalue weighted by molar-refractivity contribution is 0.0602. The molecule has 0 saturated carbocycles. The van der Waals surface area contributed by atoms with Crippen LogP contribution in [0.4, 0.5) is 0 Å². The lowest BCUT2D eigenvalue weighted by Crippen LogP contribution is -2.15. The molecule has 5 heteroatoms. The average molecular weight is 362 g/mol. The maximum atomic E-state index is 12.2. The number of nitrogens with zero attached hydrogens (tertiary/aromatic N) is 2. The Morgan fingerprint density at radius 2 is 1.93 bits per heavy atom. The van der Waals surface area contributed by atoms with Gasteiger partial charge in [-0.15, -0.1) is 5.92 Å². The summed E-state index contributed by atoms with van der Waals surface area (Å²) in [6, 6.07) is 11.2. The molecular formula is C22H22N2O3. The second-order valence-electron chi connectivity index (χ2n) is 6.85. The number of rotatable bonds is 4. The highest BCUT2D eigenvalue weighted by molar-refractivity contribution is 6.04. The number of methoxy groups -OCH3 is 1. The second-order valence-corrected chi connectivity index (χ2v) is 6.85. The van der Waals surface area contributed by atoms with Gasteiger partial charge in [0.1, 0.15) is 0 Å². The maximum Gasteiger partial charge on any atom is 0.340 e. The van der Waals surface area contributed by atoms with Gasteiger partial charge in [0, 0.05) is 10.9 Å². The Morgan fingerprint density at radius 1 is 1.22 bits per heavy atom. The minimum Gasteiger partial charge on any atom is -0.465 e. The van der Waals surface area contributed by atoms with E-state index in [4.69, 9.17) is 4.74 Å². The monoisotopic (exact) mass is 362 g/mol. The van der Waals surface area contributed by atoms with Gasteiger partial charge in [-0.05, 0) is 44.0 Å². The maximum absolute atomic E-state index is 12.2. The summed E-state index contributed by atoms with van der Waals surface area (Å²) in [5.41, 5.74) is 2.95. The van der Waals surface area contributed by atoms with Crippen LogP contribution in [0.5, 0.6) is 0 Å². The van der Waals surface area contributed by atoms with Crippen LogP contribution in [0.15, 0.2) is 42.6 Å². The smallest absolute Gasteiger partial charge is 0.340 e. The van der Waals surface area contributed by atoms with Crippen molar-refractivity contribution in [2.24, 2.45) is 0 Å². The van der Waals surface area contributed by atoms with Crippen molar-refractivity contribution in [2.45, 2.75) is 32.9 Å². The number of carbonyl (C=O) groups is 1. The molecule has 1 N–H and O–H groups in total. The number of hydrogen-bond donors (Lipinski definition) is 1. The molecule has 0 bridgehead atoms. The third-order valence-corrected chi connectivity index (χ3v) is 4.46. The van der Waals surface area contributed by atoms with Crippen molar-refractivity contribution in [3.63, 3.8) is 0 Å². The molecule has 0 unspecified atom stereocenters. The van der Waals surface area contributed by atoms with E-state index in [0.29, 0.717) is 17.6 Å². The van der Waals surface area contributed by atoms with E-state index in [1.165, 1.54) is 7.11 Å². The van der Waals surface area contributed by atoms with Crippen molar-refractivity contribution in [2.75, 3.05) is 7.11 Å². The van der Waals surface area contributed by atoms with Gasteiger partial charge in [0.05, 0.1) is 36.5 Å². The number of aliphatic hydroxyl groups is 1. The molecular weight excluding hydrogens is 340 g/mol. The van der Waals surface area contributed by atoms with Crippen LogP contribution in [-0.4, -0.2) is 28.0 Å². The second kappa shape index (κ2) is 7.26. The molecule has 138 valence electrons. The van der Waals surface area contributed by atoms with E-state index in [9.17, 15) is 9.90 Å². The van der Waals surface area contributed by atoms with Crippen molar-refractivity contribution >= 4 is 16.9 Å². The van der Waals surface area contributed by atoms with Crippen LogP contribution < -0.4 is 0 Å². The SMILES string of the molecule is CC#Cc1ccc(C(=O)OC)c2c1cnn2Cc1ccc(C(C)(C)O)cc1. The first-order chi connectivity index (χ1) is 12.8. The molecule has 1 heterocycles. The molecule has 0 fully saturated rings. The number of ether oxygens (including phenoxy) is 1. The molecule has 27 heavy (non-hydrogen) atoms. The largest absolute Gasteiger partial charge is 0.465 e. The van der Waals surface area contributed by atoms with E-state index in [1.807, 2.05) is 30.3 Å². The number of carbonyl (C=O) groups excluding carboxylic acids is 1. The van der Waals surface area contributed by atoms with E-state index in [2.05, 4.69) is 16.9 Å². The van der Waals surface area contributed by atoms with Crippen LogP contribution in [-0.2, 0) is 16.9 Å². The van der Waals surface area contributed by atoms with Gasteiger partial charge in [-0.25, -0.2) is 4.79 Å². The van der Waals surface area contributed by atoms with E-state index in [1.54, 1.807) is 37.7 Å². The predicted molar refractivity (Wildman–Crippen MR) is 104 cm³/mol. The standard InChI is InChI=1S/C22H22N2O3/c1-5-6-16-9-12-18(21(25)27-4)20-19(16)13-23-24(20)14-15-7-10-17(11-8-15)22(2,3)26/h7-13,26H,14H2,1-4H3. The van der Waals surface area contributed by atoms with Crippen LogP contribution in [0.25, 0.3) is 10.9 Å². The Labute approximate surface area is 158 Å². The van der Waals surface area contributed by atoms with Gasteiger partial charge >= 0.3 is 5.97 Å². The molecule has 2 aromatic carbocycles. The number of benzene rings is 2. The van der Waals surface area contributed by atoms with Crippen LogP contribution in [0.2, 0.25) is 0 Å². The first-order valence-corrected chi connectivity index (χ1v) is 8.66. The first-order valence-electron chi connectivity index (χ1n) is 8.66. The quantitative estimate of drug-likeness (QED) is 0.570. The topological polar surface area (TPSA) is 64.3 Å². The lowest BCUT2D eigenvalue weighted by atomic mass is 9.97. The van der Waals surface area contributed by atoms with Gasteiger partial charge in [0.25, 0.3) is 0 Å². The molecule has 0 aliphatic heterocycles. The Bertz CT molecular complexity index is 1050. The Balaban J connectivity index is 2.07. The number of aromatic nitrogens is 2. The molecule has 0 amide bonds. The normalized spacial score (nSPS) is 11.1. The zero-order chi connectivity index (χ0) is 19.6. The molecule has 3 aromatic rings. The highest BCUT2D eigenvalue weighted by Gasteiger charge is 2.18. The van der Waals surface area contributed by atoms with Crippen molar-refractivity contribution in [3.8, 4) is 11.8 Å². The minimum absolute atomic E-state index is 0.407. The average Bonchev–Trinajstić information content (AvgIpc) is 3.05. The fraction of sp³-hybridized carbons (Fsp3) is 0.273. The third kappa shape index (κ3) is 3.71. The fourth-order valence-corrected chi connectivity index (χ4v) is 3.03. The fourth-order valence-electron chi connectivity index (χ4n) is 3.03. The summed E-state index contributed by atoms with van der Waals surface area (Å²) in [5, 5.41) is 15.4. The molecule has 0 atom stereocenters. The van der Waals surface area contributed by atoms with Crippen molar-refractivity contribution < 1.29 is 14.6 Å². The summed E-state index contributed by atoms with van der Waals surface area (Å²) in [7, 11) is 1.37. The van der Waals surface area contributed by atoms with Crippen LogP contribution >= 0.6 is 0 Å². The van der Waals surface area contributed by atoms with Gasteiger partial charge in [0.15, 0.2) is 0 Å². The van der Waals surface area contributed by atoms with Crippen molar-refractivity contribution in [1.29, 1.82) is 0 Å². The van der Waals surface area contributed by atoms with Crippen LogP contribution in [0.3, 0.4) is 0 Å². The Kier molecular flexibility index (Phi) is 5.02. The molecule has 0 saturated heterocycles. The highest BCUT2D eigenvalue weighted by atomic mass is 16.5. The summed E-state index contributed by atoms with van der Waals surface area (Å²) in [6.45, 7) is 5.77. The van der Waals surface area contributed by atoms with E-state index in [-0.39, 0.29) is 0 Å². The summed E-state index contributed by atoms with van der Waals surface area (Å²) in [4.78, 5) is 12.2. The summed E-state index contributed by atoms with van der Waals surface area (Å²) < 4.78 is 6.71. The molecule has 0 spiro atoms. The number of hydrogen-bond acceptors (Lipinski definition) is 4. The van der Waals surface area contributed by atoms with E-state index >= 15 is 0 Å². The minimum atomic E-state index is -0.886. The molecule has 0 aliphatic carbocycles. The number of esters is 1. The van der Waals surface area contributed by atoms with Crippen LogP contribution in [0, 0.1) is 11.8 Å². The highest BCUT2D eigenvalue weighted by Crippen LogP contribution is 2.25. The van der Waals surface area contributed by atoms with Crippen molar-refractivity contribution in [3.05, 3.63) is 64.8 Å². The van der Waals surface area contributed by atoms with Crippen molar-refractivity contribution in [1.82, 2.24) is 9.78 Å². The first kappa shape index (κ1) is 18.7. The lowest BCUT2D eigenvalue weighted by Gasteiger charge is -2.18. The summed E-state index contributed by atoms with van der Waals surface area (Å²) in [5.74, 6) is 5.54. The Morgan fingerprint density at radius 3 is 2.52 bits per heavy atom. The van der Waals surface area contributed by atoms with Gasteiger partial charge < -0.3 is 9.84 Å². The van der Waals surface area contributed by atoms with Gasteiger partial charge in [-0.1, -0.05) is 30.2 Å². The van der Waals surface area contributed by atoms with E-state index in [0.717, 1.165) is 22.1 Å². The molecule has 3 rings (SSSR count). The van der Waals surface area contributed by atoms with Gasteiger partial charge in [0.2, 0.25) is 0 Å². The van der Waals surface area contributed by atoms with Gasteiger partial charge in [-0.2, -0.15) is 5.10 Å². The zero-order valence-corrected chi connectivity index (χ0v) is 15.9. The zero-order valence-electron chi connectivity index (χ0n) is 15.9. The molecule has 0 aliphatic rings. The summed E-state index contributed by atoms with van der Waals surface area (Å²) >= 11 is 0. The van der Waals surface area contributed by atoms with Gasteiger partial charge in [-0.3, -0.25) is 4.68 Å². The molecule has 5 nitrogen and oxygen atoms in total.